The predicted molar refractivity (Wildman–Crippen MR) is 76.3 cm³/mol. The summed E-state index contributed by atoms with van der Waals surface area (Å²) in [5.41, 5.74) is 0.204. The molecule has 0 aliphatic carbocycles. The zero-order chi connectivity index (χ0) is 14.2. The molecule has 6 heteroatoms. The average molecular weight is 338 g/mol. The van der Waals surface area contributed by atoms with E-state index < -0.39 is 11.6 Å². The molecule has 0 aromatic heterocycles. The average Bonchev–Trinajstić information content (AvgIpc) is 2.26. The summed E-state index contributed by atoms with van der Waals surface area (Å²) in [4.78, 5) is 12.3. The molecule has 0 unspecified atom stereocenters. The molecule has 0 aliphatic heterocycles. The summed E-state index contributed by atoms with van der Waals surface area (Å²) in [5, 5.41) is 0.537. The van der Waals surface area contributed by atoms with Crippen LogP contribution in [0.5, 0.6) is 0 Å². The molecule has 0 radical (unpaired) electrons. The number of hydrogen-bond donors (Lipinski definition) is 0. The highest BCUT2D eigenvalue weighted by atomic mass is 35.5. The lowest BCUT2D eigenvalue weighted by molar-refractivity contribution is 0.103. The van der Waals surface area contributed by atoms with Crippen molar-refractivity contribution < 1.29 is 9.18 Å². The van der Waals surface area contributed by atoms with Gasteiger partial charge in [-0.25, -0.2) is 4.39 Å². The summed E-state index contributed by atoms with van der Waals surface area (Å²) in [6.45, 7) is 0. The van der Waals surface area contributed by atoms with Crippen LogP contribution in [0.1, 0.15) is 15.9 Å². The van der Waals surface area contributed by atoms with Gasteiger partial charge in [-0.3, -0.25) is 4.79 Å². The number of carbonyl (C=O) groups excluding carboxylic acids is 1. The van der Waals surface area contributed by atoms with Crippen molar-refractivity contribution in [3.05, 3.63) is 67.4 Å². The van der Waals surface area contributed by atoms with Crippen LogP contribution in [0.25, 0.3) is 0 Å². The Morgan fingerprint density at radius 2 is 1.47 bits per heavy atom. The van der Waals surface area contributed by atoms with Crippen molar-refractivity contribution in [2.75, 3.05) is 0 Å². The second-order valence-electron chi connectivity index (χ2n) is 3.70. The third kappa shape index (κ3) is 3.03. The van der Waals surface area contributed by atoms with E-state index in [9.17, 15) is 9.18 Å². The number of benzene rings is 2. The van der Waals surface area contributed by atoms with Gasteiger partial charge in [0.15, 0.2) is 5.78 Å². The van der Waals surface area contributed by atoms with Gasteiger partial charge in [0.25, 0.3) is 0 Å². The summed E-state index contributed by atoms with van der Waals surface area (Å²) < 4.78 is 13.0. The van der Waals surface area contributed by atoms with E-state index in [2.05, 4.69) is 0 Å². The topological polar surface area (TPSA) is 17.1 Å². The van der Waals surface area contributed by atoms with Gasteiger partial charge in [0, 0.05) is 10.6 Å². The van der Waals surface area contributed by atoms with Crippen molar-refractivity contribution in [3.63, 3.8) is 0 Å². The molecule has 0 heterocycles. The molecule has 19 heavy (non-hydrogen) atoms. The maximum atomic E-state index is 13.0. The number of hydrogen-bond acceptors (Lipinski definition) is 1. The summed E-state index contributed by atoms with van der Waals surface area (Å²) in [6.07, 6.45) is 0. The maximum Gasteiger partial charge on any atom is 0.197 e. The molecule has 0 bridgehead atoms. The Balaban J connectivity index is 2.56. The molecule has 0 N–H and O–H groups in total. The Kier molecular flexibility index (Phi) is 4.36. The van der Waals surface area contributed by atoms with Crippen LogP contribution >= 0.6 is 46.4 Å². The molecule has 98 valence electrons. The standard InChI is InChI=1S/C13H5Cl4FO/c14-6-3-10(16)12(11(17)4-6)13(19)8-2-1-7(18)5-9(8)15/h1-5H. The Hall–Kier alpha value is -0.800. The zero-order valence-electron chi connectivity index (χ0n) is 9.18. The van der Waals surface area contributed by atoms with Crippen LogP contribution in [0.3, 0.4) is 0 Å². The first-order valence-corrected chi connectivity index (χ1v) is 6.55. The number of carbonyl (C=O) groups is 1. The van der Waals surface area contributed by atoms with Gasteiger partial charge in [0.2, 0.25) is 0 Å². The first kappa shape index (κ1) is 14.6. The SMILES string of the molecule is O=C(c1ccc(F)cc1Cl)c1c(Cl)cc(Cl)cc1Cl. The zero-order valence-corrected chi connectivity index (χ0v) is 12.2. The molecule has 2 aromatic carbocycles. The van der Waals surface area contributed by atoms with Gasteiger partial charge in [0.1, 0.15) is 5.82 Å². The molecular weight excluding hydrogens is 333 g/mol. The van der Waals surface area contributed by atoms with Crippen LogP contribution in [0.4, 0.5) is 4.39 Å². The quantitative estimate of drug-likeness (QED) is 0.645. The van der Waals surface area contributed by atoms with Crippen molar-refractivity contribution >= 4 is 52.2 Å². The minimum absolute atomic E-state index is 0.00733. The van der Waals surface area contributed by atoms with Gasteiger partial charge >= 0.3 is 0 Å². The molecular formula is C13H5Cl4FO. The second kappa shape index (κ2) is 5.68. The molecule has 1 nitrogen and oxygen atoms in total. The molecule has 0 saturated heterocycles. The first-order chi connectivity index (χ1) is 8.90. The van der Waals surface area contributed by atoms with Gasteiger partial charge in [-0.2, -0.15) is 0 Å². The van der Waals surface area contributed by atoms with Crippen LogP contribution in [0.2, 0.25) is 20.1 Å². The van der Waals surface area contributed by atoms with E-state index in [-0.39, 0.29) is 26.2 Å². The fourth-order valence-electron chi connectivity index (χ4n) is 1.57. The predicted octanol–water partition coefficient (Wildman–Crippen LogP) is 5.67. The lowest BCUT2D eigenvalue weighted by atomic mass is 10.0. The van der Waals surface area contributed by atoms with Crippen molar-refractivity contribution in [1.82, 2.24) is 0 Å². The normalized spacial score (nSPS) is 10.6. The molecule has 0 atom stereocenters. The number of ketones is 1. The molecule has 0 saturated carbocycles. The van der Waals surface area contributed by atoms with Gasteiger partial charge in [-0.15, -0.1) is 0 Å². The Morgan fingerprint density at radius 1 is 0.895 bits per heavy atom. The van der Waals surface area contributed by atoms with E-state index in [1.54, 1.807) is 0 Å². The van der Waals surface area contributed by atoms with Crippen LogP contribution < -0.4 is 0 Å². The minimum atomic E-state index is -0.533. The maximum absolute atomic E-state index is 13.0. The summed E-state index contributed by atoms with van der Waals surface area (Å²) >= 11 is 23.5. The van der Waals surface area contributed by atoms with Gasteiger partial charge in [-0.05, 0) is 30.3 Å². The Labute approximate surface area is 128 Å². The molecule has 0 fully saturated rings. The third-order valence-electron chi connectivity index (χ3n) is 2.41. The van der Waals surface area contributed by atoms with E-state index in [1.807, 2.05) is 0 Å². The Morgan fingerprint density at radius 3 is 2.00 bits per heavy atom. The van der Waals surface area contributed by atoms with Crippen LogP contribution in [0, 0.1) is 5.82 Å². The van der Waals surface area contributed by atoms with Crippen LogP contribution in [0.15, 0.2) is 30.3 Å². The molecule has 0 amide bonds. The summed E-state index contributed by atoms with van der Waals surface area (Å²) in [5.74, 6) is -1.02. The van der Waals surface area contributed by atoms with E-state index in [4.69, 9.17) is 46.4 Å². The first-order valence-electron chi connectivity index (χ1n) is 5.04. The number of rotatable bonds is 2. The fraction of sp³-hybridized carbons (Fsp3) is 0. The smallest absolute Gasteiger partial charge is 0.197 e. The molecule has 2 aromatic rings. The van der Waals surface area contributed by atoms with Gasteiger partial charge in [0.05, 0.1) is 20.6 Å². The molecule has 2 rings (SSSR count). The highest BCUT2D eigenvalue weighted by Crippen LogP contribution is 2.32. The monoisotopic (exact) mass is 336 g/mol. The third-order valence-corrected chi connectivity index (χ3v) is 3.54. The van der Waals surface area contributed by atoms with E-state index in [1.165, 1.54) is 18.2 Å². The second-order valence-corrected chi connectivity index (χ2v) is 5.36. The number of halogens is 5. The summed E-state index contributed by atoms with van der Waals surface area (Å²) in [6, 6.07) is 6.27. The van der Waals surface area contributed by atoms with Gasteiger partial charge < -0.3 is 0 Å². The molecule has 0 aliphatic rings. The van der Waals surface area contributed by atoms with E-state index >= 15 is 0 Å². The fourth-order valence-corrected chi connectivity index (χ4v) is 2.81. The largest absolute Gasteiger partial charge is 0.288 e. The Bertz CT molecular complexity index is 647. The molecule has 0 spiro atoms. The summed E-state index contributed by atoms with van der Waals surface area (Å²) in [7, 11) is 0. The lowest BCUT2D eigenvalue weighted by Crippen LogP contribution is -2.04. The van der Waals surface area contributed by atoms with Crippen molar-refractivity contribution in [3.8, 4) is 0 Å². The van der Waals surface area contributed by atoms with Crippen molar-refractivity contribution in [2.45, 2.75) is 0 Å². The highest BCUT2D eigenvalue weighted by molar-refractivity contribution is 6.44. The van der Waals surface area contributed by atoms with E-state index in [0.29, 0.717) is 5.02 Å². The van der Waals surface area contributed by atoms with Crippen molar-refractivity contribution in [2.24, 2.45) is 0 Å². The lowest BCUT2D eigenvalue weighted by Gasteiger charge is -2.08. The van der Waals surface area contributed by atoms with E-state index in [0.717, 1.165) is 12.1 Å². The van der Waals surface area contributed by atoms with Crippen LogP contribution in [-0.4, -0.2) is 5.78 Å². The highest BCUT2D eigenvalue weighted by Gasteiger charge is 2.20. The van der Waals surface area contributed by atoms with Gasteiger partial charge in [-0.1, -0.05) is 46.4 Å². The van der Waals surface area contributed by atoms with Crippen molar-refractivity contribution in [1.29, 1.82) is 0 Å². The van der Waals surface area contributed by atoms with Crippen LogP contribution in [-0.2, 0) is 0 Å². The minimum Gasteiger partial charge on any atom is -0.288 e.